The van der Waals surface area contributed by atoms with Gasteiger partial charge < -0.3 is 5.32 Å². The Bertz CT molecular complexity index is 148. The monoisotopic (exact) mass is 185 g/mol. The first-order valence-electron chi connectivity index (χ1n) is 5.10. The van der Waals surface area contributed by atoms with Gasteiger partial charge in [0, 0.05) is 18.3 Å². The number of hydrogen-bond donors (Lipinski definition) is 1. The largest absolute Gasteiger partial charge is 0.313 e. The normalized spacial score (nSPS) is 33.2. The van der Waals surface area contributed by atoms with Crippen LogP contribution in [0.15, 0.2) is 0 Å². The summed E-state index contributed by atoms with van der Waals surface area (Å²) >= 11 is 2.11. The van der Waals surface area contributed by atoms with Gasteiger partial charge in [-0.1, -0.05) is 6.92 Å². The second-order valence-corrected chi connectivity index (χ2v) is 5.76. The molecule has 0 aromatic heterocycles. The maximum absolute atomic E-state index is 3.70. The summed E-state index contributed by atoms with van der Waals surface area (Å²) < 4.78 is 0. The van der Waals surface area contributed by atoms with E-state index < -0.39 is 0 Å². The Balaban J connectivity index is 1.65. The van der Waals surface area contributed by atoms with E-state index in [0.29, 0.717) is 5.41 Å². The molecule has 0 aromatic carbocycles. The van der Waals surface area contributed by atoms with Crippen molar-refractivity contribution in [2.24, 2.45) is 5.41 Å². The van der Waals surface area contributed by atoms with Crippen LogP contribution in [0.25, 0.3) is 0 Å². The fourth-order valence-electron chi connectivity index (χ4n) is 1.68. The molecule has 1 N–H and O–H groups in total. The molecule has 12 heavy (non-hydrogen) atoms. The summed E-state index contributed by atoms with van der Waals surface area (Å²) in [4.78, 5) is 0. The maximum Gasteiger partial charge on any atom is 0.0158 e. The zero-order valence-electron chi connectivity index (χ0n) is 7.94. The summed E-state index contributed by atoms with van der Waals surface area (Å²) in [5.74, 6) is 2.73. The molecule has 1 saturated heterocycles. The van der Waals surface area contributed by atoms with Crippen molar-refractivity contribution in [2.45, 2.75) is 38.6 Å². The van der Waals surface area contributed by atoms with Crippen LogP contribution in [0.4, 0.5) is 0 Å². The lowest BCUT2D eigenvalue weighted by Gasteiger charge is -2.24. The Labute approximate surface area is 79.7 Å². The van der Waals surface area contributed by atoms with E-state index in [1.807, 2.05) is 0 Å². The van der Waals surface area contributed by atoms with E-state index in [2.05, 4.69) is 24.0 Å². The van der Waals surface area contributed by atoms with Crippen LogP contribution in [-0.4, -0.2) is 24.1 Å². The van der Waals surface area contributed by atoms with Crippen LogP contribution >= 0.6 is 11.8 Å². The Morgan fingerprint density at radius 3 is 2.92 bits per heavy atom. The molecule has 1 unspecified atom stereocenters. The van der Waals surface area contributed by atoms with E-state index >= 15 is 0 Å². The highest BCUT2D eigenvalue weighted by atomic mass is 32.2. The van der Waals surface area contributed by atoms with E-state index in [0.717, 1.165) is 6.04 Å². The molecule has 0 amide bonds. The van der Waals surface area contributed by atoms with E-state index in [1.165, 1.54) is 43.7 Å². The smallest absolute Gasteiger partial charge is 0.0158 e. The SMILES string of the molecule is CC1(CNC2CCCSC2)CC1. The number of thioether (sulfide) groups is 1. The second-order valence-electron chi connectivity index (χ2n) is 4.61. The minimum Gasteiger partial charge on any atom is -0.313 e. The van der Waals surface area contributed by atoms with Crippen LogP contribution in [0.5, 0.6) is 0 Å². The van der Waals surface area contributed by atoms with Crippen LogP contribution in [0.2, 0.25) is 0 Å². The van der Waals surface area contributed by atoms with E-state index in [-0.39, 0.29) is 0 Å². The molecular weight excluding hydrogens is 166 g/mol. The molecule has 1 atom stereocenters. The van der Waals surface area contributed by atoms with E-state index in [9.17, 15) is 0 Å². The molecule has 0 bridgehead atoms. The Morgan fingerprint density at radius 2 is 2.33 bits per heavy atom. The highest BCUT2D eigenvalue weighted by Crippen LogP contribution is 2.44. The van der Waals surface area contributed by atoms with Gasteiger partial charge >= 0.3 is 0 Å². The lowest BCUT2D eigenvalue weighted by atomic mass is 10.1. The molecule has 0 aromatic rings. The topological polar surface area (TPSA) is 12.0 Å². The average Bonchev–Trinajstić information content (AvgIpc) is 2.84. The summed E-state index contributed by atoms with van der Waals surface area (Å²) in [5.41, 5.74) is 0.683. The Morgan fingerprint density at radius 1 is 1.50 bits per heavy atom. The van der Waals surface area contributed by atoms with Crippen LogP contribution in [0, 0.1) is 5.41 Å². The number of rotatable bonds is 3. The van der Waals surface area contributed by atoms with Crippen molar-refractivity contribution >= 4 is 11.8 Å². The Kier molecular flexibility index (Phi) is 2.66. The molecule has 0 spiro atoms. The van der Waals surface area contributed by atoms with Crippen molar-refractivity contribution in [1.29, 1.82) is 0 Å². The van der Waals surface area contributed by atoms with Crippen molar-refractivity contribution < 1.29 is 0 Å². The third-order valence-electron chi connectivity index (χ3n) is 3.08. The van der Waals surface area contributed by atoms with Gasteiger partial charge in [0.2, 0.25) is 0 Å². The highest BCUT2D eigenvalue weighted by Gasteiger charge is 2.37. The molecule has 1 saturated carbocycles. The van der Waals surface area contributed by atoms with Crippen LogP contribution in [0.1, 0.15) is 32.6 Å². The fourth-order valence-corrected chi connectivity index (χ4v) is 2.79. The maximum atomic E-state index is 3.70. The fraction of sp³-hybridized carbons (Fsp3) is 1.00. The first-order chi connectivity index (χ1) is 5.79. The predicted octanol–water partition coefficient (Wildman–Crippen LogP) is 2.27. The van der Waals surface area contributed by atoms with Gasteiger partial charge in [0.05, 0.1) is 0 Å². The van der Waals surface area contributed by atoms with Crippen molar-refractivity contribution in [2.75, 3.05) is 18.1 Å². The minimum atomic E-state index is 0.683. The molecule has 1 aliphatic carbocycles. The number of hydrogen-bond acceptors (Lipinski definition) is 2. The Hall–Kier alpha value is 0.310. The lowest BCUT2D eigenvalue weighted by Crippen LogP contribution is -2.36. The van der Waals surface area contributed by atoms with E-state index in [4.69, 9.17) is 0 Å². The molecule has 1 aliphatic heterocycles. The third kappa shape index (κ3) is 2.40. The van der Waals surface area contributed by atoms with E-state index in [1.54, 1.807) is 0 Å². The molecule has 2 rings (SSSR count). The predicted molar refractivity (Wildman–Crippen MR) is 55.7 cm³/mol. The lowest BCUT2D eigenvalue weighted by molar-refractivity contribution is 0.432. The van der Waals surface area contributed by atoms with Crippen LogP contribution in [-0.2, 0) is 0 Å². The zero-order chi connectivity index (χ0) is 8.44. The van der Waals surface area contributed by atoms with Crippen molar-refractivity contribution in [3.05, 3.63) is 0 Å². The van der Waals surface area contributed by atoms with Gasteiger partial charge in [-0.3, -0.25) is 0 Å². The quantitative estimate of drug-likeness (QED) is 0.724. The molecule has 2 aliphatic rings. The molecular formula is C10H19NS. The zero-order valence-corrected chi connectivity index (χ0v) is 8.75. The first-order valence-corrected chi connectivity index (χ1v) is 6.25. The van der Waals surface area contributed by atoms with Gasteiger partial charge in [-0.25, -0.2) is 0 Å². The second kappa shape index (κ2) is 3.59. The van der Waals surface area contributed by atoms with Crippen molar-refractivity contribution in [3.63, 3.8) is 0 Å². The van der Waals surface area contributed by atoms with Gasteiger partial charge in [0.15, 0.2) is 0 Å². The summed E-state index contributed by atoms with van der Waals surface area (Å²) in [5, 5.41) is 3.70. The standard InChI is InChI=1S/C10H19NS/c1-10(4-5-10)8-11-9-3-2-6-12-7-9/h9,11H,2-8H2,1H3. The summed E-state index contributed by atoms with van der Waals surface area (Å²) in [6.07, 6.45) is 5.71. The van der Waals surface area contributed by atoms with Crippen LogP contribution in [0.3, 0.4) is 0 Å². The third-order valence-corrected chi connectivity index (χ3v) is 4.30. The average molecular weight is 185 g/mol. The highest BCUT2D eigenvalue weighted by molar-refractivity contribution is 7.99. The van der Waals surface area contributed by atoms with Gasteiger partial charge in [0.25, 0.3) is 0 Å². The summed E-state index contributed by atoms with van der Waals surface area (Å²) in [7, 11) is 0. The summed E-state index contributed by atoms with van der Waals surface area (Å²) in [6.45, 7) is 3.66. The molecule has 2 heteroatoms. The van der Waals surface area contributed by atoms with Gasteiger partial charge in [-0.2, -0.15) is 11.8 Å². The van der Waals surface area contributed by atoms with Crippen molar-refractivity contribution in [3.8, 4) is 0 Å². The molecule has 2 fully saturated rings. The summed E-state index contributed by atoms with van der Waals surface area (Å²) in [6, 6.07) is 0.821. The van der Waals surface area contributed by atoms with Gasteiger partial charge in [-0.15, -0.1) is 0 Å². The molecule has 1 nitrogen and oxygen atoms in total. The molecule has 70 valence electrons. The van der Waals surface area contributed by atoms with Gasteiger partial charge in [0.1, 0.15) is 0 Å². The number of nitrogens with one attached hydrogen (secondary N) is 1. The molecule has 1 heterocycles. The van der Waals surface area contributed by atoms with Gasteiger partial charge in [-0.05, 0) is 36.9 Å². The first kappa shape index (κ1) is 8.89. The van der Waals surface area contributed by atoms with Crippen LogP contribution < -0.4 is 5.32 Å². The molecule has 0 radical (unpaired) electrons. The van der Waals surface area contributed by atoms with Crippen molar-refractivity contribution in [1.82, 2.24) is 5.32 Å². The minimum absolute atomic E-state index is 0.683.